The van der Waals surface area contributed by atoms with Crippen LogP contribution in [0.2, 0.25) is 0 Å². The molecule has 0 aromatic carbocycles. The van der Waals surface area contributed by atoms with Gasteiger partial charge in [-0.3, -0.25) is 20.0 Å². The maximum Gasteiger partial charge on any atom is 0.287 e. The van der Waals surface area contributed by atoms with Gasteiger partial charge in [0.25, 0.3) is 5.91 Å². The summed E-state index contributed by atoms with van der Waals surface area (Å²) in [6.07, 6.45) is 0. The molecule has 19 heavy (non-hydrogen) atoms. The Morgan fingerprint density at radius 3 is 2.95 bits per heavy atom. The molecule has 0 atom stereocenters. The summed E-state index contributed by atoms with van der Waals surface area (Å²) in [5.74, 6) is 5.29. The smallest absolute Gasteiger partial charge is 0.287 e. The number of amides is 1. The number of aromatic nitrogens is 1. The number of piperazine rings is 1. The number of carbonyl (C=O) groups excluding carboxylic acids is 1. The normalized spacial score (nSPS) is 20.4. The van der Waals surface area contributed by atoms with Gasteiger partial charge in [0.15, 0.2) is 11.5 Å². The van der Waals surface area contributed by atoms with E-state index in [2.05, 4.69) is 35.9 Å². The fourth-order valence-electron chi connectivity index (χ4n) is 2.26. The largest absolute Gasteiger partial charge is 0.359 e. The molecule has 0 saturated carbocycles. The van der Waals surface area contributed by atoms with Gasteiger partial charge in [-0.2, -0.15) is 0 Å². The topological polar surface area (TPSA) is 87.6 Å². The van der Waals surface area contributed by atoms with E-state index < -0.39 is 5.91 Å². The van der Waals surface area contributed by atoms with Crippen LogP contribution in [0.5, 0.6) is 0 Å². The number of likely N-dealkylation sites (N-methyl/N-ethyl adjacent to an activating group) is 1. The molecule has 1 fully saturated rings. The van der Waals surface area contributed by atoms with Crippen molar-refractivity contribution < 1.29 is 9.32 Å². The summed E-state index contributed by atoms with van der Waals surface area (Å²) in [7, 11) is 2.13. The van der Waals surface area contributed by atoms with Gasteiger partial charge in [0.2, 0.25) is 0 Å². The summed E-state index contributed by atoms with van der Waals surface area (Å²) < 4.78 is 5.16. The Labute approximate surface area is 112 Å². The first-order valence-corrected chi connectivity index (χ1v) is 6.32. The number of nitrogens with one attached hydrogen (secondary N) is 1. The third-order valence-corrected chi connectivity index (χ3v) is 3.70. The average Bonchev–Trinajstić information content (AvgIpc) is 2.81. The quantitative estimate of drug-likeness (QED) is 0.448. The third-order valence-electron chi connectivity index (χ3n) is 3.70. The van der Waals surface area contributed by atoms with E-state index in [0.29, 0.717) is 12.3 Å². The highest BCUT2D eigenvalue weighted by Gasteiger charge is 2.31. The van der Waals surface area contributed by atoms with Crippen LogP contribution in [-0.2, 0) is 6.54 Å². The first-order chi connectivity index (χ1) is 8.92. The van der Waals surface area contributed by atoms with Crippen LogP contribution < -0.4 is 11.3 Å². The minimum absolute atomic E-state index is 0.135. The van der Waals surface area contributed by atoms with Crippen LogP contribution in [0.25, 0.3) is 0 Å². The standard InChI is InChI=1S/C12H21N5O2/c1-12(2)8-17(5-4-16(12)3)7-9-6-10(15-19-9)11(18)14-13/h6H,4-5,7-8,13H2,1-3H3,(H,14,18). The second-order valence-corrected chi connectivity index (χ2v) is 5.60. The molecule has 3 N–H and O–H groups in total. The molecule has 1 aliphatic heterocycles. The number of carbonyl (C=O) groups is 1. The zero-order valence-electron chi connectivity index (χ0n) is 11.6. The molecule has 0 bridgehead atoms. The van der Waals surface area contributed by atoms with Crippen LogP contribution in [0.4, 0.5) is 0 Å². The molecule has 1 aromatic rings. The molecule has 2 rings (SSSR count). The Kier molecular flexibility index (Phi) is 3.88. The molecule has 0 aliphatic carbocycles. The SMILES string of the molecule is CN1CCN(Cc2cc(C(=O)NN)no2)CC1(C)C. The predicted octanol–water partition coefficient (Wildman–Crippen LogP) is -0.196. The van der Waals surface area contributed by atoms with E-state index in [1.54, 1.807) is 6.07 Å². The van der Waals surface area contributed by atoms with Crippen molar-refractivity contribution in [3.05, 3.63) is 17.5 Å². The molecule has 7 heteroatoms. The van der Waals surface area contributed by atoms with Gasteiger partial charge in [0, 0.05) is 31.2 Å². The molecule has 1 saturated heterocycles. The first kappa shape index (κ1) is 14.0. The Balaban J connectivity index is 1.98. The molecule has 0 spiro atoms. The molecule has 7 nitrogen and oxygen atoms in total. The van der Waals surface area contributed by atoms with Gasteiger partial charge < -0.3 is 4.52 Å². The summed E-state index contributed by atoms with van der Waals surface area (Å²) in [5, 5.41) is 3.70. The second-order valence-electron chi connectivity index (χ2n) is 5.60. The lowest BCUT2D eigenvalue weighted by molar-refractivity contribution is 0.0319. The van der Waals surface area contributed by atoms with Crippen molar-refractivity contribution in [1.29, 1.82) is 0 Å². The van der Waals surface area contributed by atoms with Gasteiger partial charge in [-0.1, -0.05) is 5.16 Å². The summed E-state index contributed by atoms with van der Waals surface area (Å²) >= 11 is 0. The number of hydrogen-bond donors (Lipinski definition) is 2. The Bertz CT molecular complexity index is 457. The van der Waals surface area contributed by atoms with Crippen LogP contribution in [0.15, 0.2) is 10.6 Å². The van der Waals surface area contributed by atoms with Crippen LogP contribution in [0.1, 0.15) is 30.1 Å². The number of hydrazine groups is 1. The van der Waals surface area contributed by atoms with E-state index in [0.717, 1.165) is 19.6 Å². The van der Waals surface area contributed by atoms with E-state index in [4.69, 9.17) is 10.4 Å². The molecular weight excluding hydrogens is 246 g/mol. The lowest BCUT2D eigenvalue weighted by Crippen LogP contribution is -2.57. The molecule has 1 amide bonds. The lowest BCUT2D eigenvalue weighted by Gasteiger charge is -2.45. The van der Waals surface area contributed by atoms with Crippen LogP contribution in [0.3, 0.4) is 0 Å². The highest BCUT2D eigenvalue weighted by atomic mass is 16.5. The number of nitrogens with zero attached hydrogens (tertiary/aromatic N) is 3. The third kappa shape index (κ3) is 3.12. The van der Waals surface area contributed by atoms with Crippen molar-refractivity contribution >= 4 is 5.91 Å². The van der Waals surface area contributed by atoms with Gasteiger partial charge in [0.05, 0.1) is 6.54 Å². The van der Waals surface area contributed by atoms with Crippen molar-refractivity contribution in [2.75, 3.05) is 26.7 Å². The molecule has 0 unspecified atom stereocenters. The number of nitrogen functional groups attached to an aromatic ring is 1. The minimum Gasteiger partial charge on any atom is -0.359 e. The Hall–Kier alpha value is -1.44. The molecular formula is C12H21N5O2. The zero-order valence-corrected chi connectivity index (χ0v) is 11.6. The number of nitrogens with two attached hydrogens (primary N) is 1. The average molecular weight is 267 g/mol. The van der Waals surface area contributed by atoms with E-state index in [1.165, 1.54) is 0 Å². The van der Waals surface area contributed by atoms with Gasteiger partial charge >= 0.3 is 0 Å². The van der Waals surface area contributed by atoms with Crippen molar-refractivity contribution in [3.63, 3.8) is 0 Å². The maximum atomic E-state index is 11.3. The second kappa shape index (κ2) is 5.28. The van der Waals surface area contributed by atoms with Crippen molar-refractivity contribution in [2.24, 2.45) is 5.84 Å². The van der Waals surface area contributed by atoms with Gasteiger partial charge in [-0.05, 0) is 20.9 Å². The summed E-state index contributed by atoms with van der Waals surface area (Å²) in [5.41, 5.74) is 2.38. The summed E-state index contributed by atoms with van der Waals surface area (Å²) in [4.78, 5) is 15.9. The van der Waals surface area contributed by atoms with Gasteiger partial charge in [-0.15, -0.1) is 0 Å². The first-order valence-electron chi connectivity index (χ1n) is 6.32. The van der Waals surface area contributed by atoms with Crippen LogP contribution in [-0.4, -0.2) is 53.1 Å². The minimum atomic E-state index is -0.436. The molecule has 1 aliphatic rings. The van der Waals surface area contributed by atoms with Crippen molar-refractivity contribution in [1.82, 2.24) is 20.4 Å². The summed E-state index contributed by atoms with van der Waals surface area (Å²) in [6.45, 7) is 8.01. The van der Waals surface area contributed by atoms with Crippen molar-refractivity contribution in [2.45, 2.75) is 25.9 Å². The maximum absolute atomic E-state index is 11.3. The van der Waals surface area contributed by atoms with Gasteiger partial charge in [-0.25, -0.2) is 5.84 Å². The predicted molar refractivity (Wildman–Crippen MR) is 70.1 cm³/mol. The Morgan fingerprint density at radius 2 is 2.32 bits per heavy atom. The lowest BCUT2D eigenvalue weighted by atomic mass is 10.00. The molecule has 0 radical (unpaired) electrons. The van der Waals surface area contributed by atoms with Crippen LogP contribution >= 0.6 is 0 Å². The number of hydrogen-bond acceptors (Lipinski definition) is 6. The molecule has 106 valence electrons. The van der Waals surface area contributed by atoms with E-state index in [1.807, 2.05) is 5.43 Å². The fraction of sp³-hybridized carbons (Fsp3) is 0.667. The highest BCUT2D eigenvalue weighted by Crippen LogP contribution is 2.20. The molecule has 1 aromatic heterocycles. The fourth-order valence-corrected chi connectivity index (χ4v) is 2.26. The van der Waals surface area contributed by atoms with E-state index >= 15 is 0 Å². The highest BCUT2D eigenvalue weighted by molar-refractivity contribution is 5.91. The van der Waals surface area contributed by atoms with E-state index in [-0.39, 0.29) is 11.2 Å². The van der Waals surface area contributed by atoms with Gasteiger partial charge in [0.1, 0.15) is 0 Å². The van der Waals surface area contributed by atoms with Crippen molar-refractivity contribution in [3.8, 4) is 0 Å². The van der Waals surface area contributed by atoms with Crippen LogP contribution in [0, 0.1) is 0 Å². The Morgan fingerprint density at radius 1 is 1.58 bits per heavy atom. The zero-order chi connectivity index (χ0) is 14.0. The molecule has 2 heterocycles. The number of rotatable bonds is 3. The van der Waals surface area contributed by atoms with E-state index in [9.17, 15) is 4.79 Å². The monoisotopic (exact) mass is 267 g/mol. The summed E-state index contributed by atoms with van der Waals surface area (Å²) in [6, 6.07) is 1.63.